The van der Waals surface area contributed by atoms with Crippen LogP contribution in [0.25, 0.3) is 0 Å². The SMILES string of the molecule is CCOC(=O)C(Cc1ccc(Cl)c(C(F)(F)F)c1)C(=O)C1CC(OC)C1. The van der Waals surface area contributed by atoms with Crippen LogP contribution in [0.2, 0.25) is 5.02 Å². The second kappa shape index (κ2) is 8.39. The van der Waals surface area contributed by atoms with Crippen LogP contribution >= 0.6 is 11.6 Å². The van der Waals surface area contributed by atoms with Crippen molar-refractivity contribution in [2.45, 2.75) is 38.5 Å². The van der Waals surface area contributed by atoms with Gasteiger partial charge in [-0.1, -0.05) is 17.7 Å². The zero-order valence-corrected chi connectivity index (χ0v) is 15.2. The highest BCUT2D eigenvalue weighted by Gasteiger charge is 2.41. The highest BCUT2D eigenvalue weighted by molar-refractivity contribution is 6.31. The molecule has 1 fully saturated rings. The molecule has 1 unspecified atom stereocenters. The van der Waals surface area contributed by atoms with Gasteiger partial charge in [-0.05, 0) is 43.9 Å². The molecule has 0 N–H and O–H groups in total. The molecule has 2 rings (SSSR count). The fourth-order valence-electron chi connectivity index (χ4n) is 2.97. The Bertz CT molecular complexity index is 669. The van der Waals surface area contributed by atoms with Crippen LogP contribution in [0.1, 0.15) is 30.9 Å². The van der Waals surface area contributed by atoms with Gasteiger partial charge in [0.1, 0.15) is 5.92 Å². The van der Waals surface area contributed by atoms with Crippen molar-refractivity contribution in [3.8, 4) is 0 Å². The second-order valence-corrected chi connectivity index (χ2v) is 6.66. The molecule has 4 nitrogen and oxygen atoms in total. The lowest BCUT2D eigenvalue weighted by molar-refractivity contribution is -0.154. The fraction of sp³-hybridized carbons (Fsp3) is 0.556. The number of halogens is 4. The van der Waals surface area contributed by atoms with Gasteiger partial charge in [-0.2, -0.15) is 13.2 Å². The van der Waals surface area contributed by atoms with Gasteiger partial charge >= 0.3 is 12.1 Å². The summed E-state index contributed by atoms with van der Waals surface area (Å²) in [5.74, 6) is -2.52. The number of ether oxygens (including phenoxy) is 2. The summed E-state index contributed by atoms with van der Waals surface area (Å²) in [6, 6.07) is 3.38. The van der Waals surface area contributed by atoms with Gasteiger partial charge in [-0.15, -0.1) is 0 Å². The number of rotatable bonds is 7. The van der Waals surface area contributed by atoms with Gasteiger partial charge in [0.15, 0.2) is 5.78 Å². The Balaban J connectivity index is 2.22. The predicted molar refractivity (Wildman–Crippen MR) is 88.8 cm³/mol. The molecule has 26 heavy (non-hydrogen) atoms. The van der Waals surface area contributed by atoms with Crippen molar-refractivity contribution < 1.29 is 32.2 Å². The van der Waals surface area contributed by atoms with Crippen LogP contribution in [-0.4, -0.2) is 31.6 Å². The van der Waals surface area contributed by atoms with Crippen LogP contribution in [-0.2, 0) is 31.7 Å². The highest BCUT2D eigenvalue weighted by Crippen LogP contribution is 2.37. The first-order valence-electron chi connectivity index (χ1n) is 8.26. The Morgan fingerprint density at radius 2 is 1.96 bits per heavy atom. The minimum Gasteiger partial charge on any atom is -0.465 e. The maximum absolute atomic E-state index is 13.0. The molecule has 0 bridgehead atoms. The molecule has 0 spiro atoms. The third kappa shape index (κ3) is 4.76. The van der Waals surface area contributed by atoms with Gasteiger partial charge in [-0.25, -0.2) is 0 Å². The molecular weight excluding hydrogens is 373 g/mol. The molecule has 1 atom stereocenters. The third-order valence-electron chi connectivity index (χ3n) is 4.52. The van der Waals surface area contributed by atoms with Gasteiger partial charge in [0.2, 0.25) is 0 Å². The molecule has 0 saturated heterocycles. The summed E-state index contributed by atoms with van der Waals surface area (Å²) in [6.45, 7) is 1.69. The molecule has 1 aromatic carbocycles. The van der Waals surface area contributed by atoms with Crippen molar-refractivity contribution in [2.24, 2.45) is 11.8 Å². The second-order valence-electron chi connectivity index (χ2n) is 6.25. The summed E-state index contributed by atoms with van der Waals surface area (Å²) in [7, 11) is 1.54. The van der Waals surface area contributed by atoms with Crippen LogP contribution in [0.5, 0.6) is 0 Å². The predicted octanol–water partition coefficient (Wildman–Crippen LogP) is 4.07. The summed E-state index contributed by atoms with van der Waals surface area (Å²) in [5.41, 5.74) is -0.787. The van der Waals surface area contributed by atoms with Gasteiger partial charge in [0, 0.05) is 13.0 Å². The van der Waals surface area contributed by atoms with Crippen molar-refractivity contribution in [2.75, 3.05) is 13.7 Å². The lowest BCUT2D eigenvalue weighted by Crippen LogP contribution is -2.42. The Kier molecular flexibility index (Phi) is 6.69. The van der Waals surface area contributed by atoms with E-state index in [4.69, 9.17) is 21.1 Å². The molecule has 1 aliphatic carbocycles. The Morgan fingerprint density at radius 3 is 2.50 bits per heavy atom. The molecule has 0 aromatic heterocycles. The van der Waals surface area contributed by atoms with Gasteiger partial charge in [0.25, 0.3) is 0 Å². The number of ketones is 1. The van der Waals surface area contributed by atoms with E-state index < -0.39 is 28.6 Å². The zero-order chi connectivity index (χ0) is 19.5. The maximum atomic E-state index is 13.0. The molecule has 1 aromatic rings. The van der Waals surface area contributed by atoms with E-state index in [1.165, 1.54) is 6.07 Å². The van der Waals surface area contributed by atoms with Crippen molar-refractivity contribution >= 4 is 23.4 Å². The van der Waals surface area contributed by atoms with Crippen LogP contribution in [0.3, 0.4) is 0 Å². The average Bonchev–Trinajstić information content (AvgIpc) is 2.51. The van der Waals surface area contributed by atoms with E-state index in [1.54, 1.807) is 14.0 Å². The number of carbonyl (C=O) groups excluding carboxylic acids is 2. The molecule has 0 heterocycles. The number of Topliss-reactive ketones (excluding diaryl/α,β-unsaturated/α-hetero) is 1. The van der Waals surface area contributed by atoms with E-state index in [2.05, 4.69) is 0 Å². The monoisotopic (exact) mass is 392 g/mol. The van der Waals surface area contributed by atoms with E-state index in [0.29, 0.717) is 12.8 Å². The number of carbonyl (C=O) groups is 2. The Morgan fingerprint density at radius 1 is 1.31 bits per heavy atom. The van der Waals surface area contributed by atoms with Gasteiger partial charge < -0.3 is 9.47 Å². The summed E-state index contributed by atoms with van der Waals surface area (Å²) in [5, 5.41) is -0.429. The molecule has 144 valence electrons. The van der Waals surface area contributed by atoms with Gasteiger partial charge in [0.05, 0.1) is 23.3 Å². The van der Waals surface area contributed by atoms with Crippen LogP contribution in [0, 0.1) is 11.8 Å². The van der Waals surface area contributed by atoms with E-state index in [-0.39, 0.29) is 36.4 Å². The standard InChI is InChI=1S/C18H20ClF3O4/c1-3-26-17(24)13(16(23)11-8-12(9-11)25-2)6-10-4-5-15(19)14(7-10)18(20,21)22/h4-5,7,11-13H,3,6,8-9H2,1-2H3. The Hall–Kier alpha value is -1.60. The van der Waals surface area contributed by atoms with Gasteiger partial charge in [-0.3, -0.25) is 9.59 Å². The number of alkyl halides is 3. The first-order chi connectivity index (χ1) is 12.2. The summed E-state index contributed by atoms with van der Waals surface area (Å²) in [6.07, 6.45) is -3.80. The smallest absolute Gasteiger partial charge is 0.417 e. The lowest BCUT2D eigenvalue weighted by Gasteiger charge is -2.34. The topological polar surface area (TPSA) is 52.6 Å². The molecule has 1 aliphatic rings. The van der Waals surface area contributed by atoms with Crippen molar-refractivity contribution in [1.29, 1.82) is 0 Å². The van der Waals surface area contributed by atoms with Crippen molar-refractivity contribution in [1.82, 2.24) is 0 Å². The number of esters is 1. The maximum Gasteiger partial charge on any atom is 0.417 e. The summed E-state index contributed by atoms with van der Waals surface area (Å²) >= 11 is 5.61. The quantitative estimate of drug-likeness (QED) is 0.518. The zero-order valence-electron chi connectivity index (χ0n) is 14.4. The van der Waals surface area contributed by atoms with Crippen LogP contribution in [0.15, 0.2) is 18.2 Å². The molecule has 0 radical (unpaired) electrons. The molecule has 8 heteroatoms. The van der Waals surface area contributed by atoms with Crippen molar-refractivity contribution in [3.05, 3.63) is 34.3 Å². The van der Waals surface area contributed by atoms with E-state index >= 15 is 0 Å². The molecule has 1 saturated carbocycles. The molecular formula is C18H20ClF3O4. The van der Waals surface area contributed by atoms with Crippen LogP contribution in [0.4, 0.5) is 13.2 Å². The number of hydrogen-bond donors (Lipinski definition) is 0. The molecule has 0 aliphatic heterocycles. The summed E-state index contributed by atoms with van der Waals surface area (Å²) in [4.78, 5) is 24.9. The molecule has 0 amide bonds. The average molecular weight is 393 g/mol. The number of benzene rings is 1. The number of hydrogen-bond acceptors (Lipinski definition) is 4. The van der Waals surface area contributed by atoms with Crippen molar-refractivity contribution in [3.63, 3.8) is 0 Å². The third-order valence-corrected chi connectivity index (χ3v) is 4.85. The first kappa shape index (κ1) is 20.7. The first-order valence-corrected chi connectivity index (χ1v) is 8.63. The van der Waals surface area contributed by atoms with Crippen LogP contribution < -0.4 is 0 Å². The minimum atomic E-state index is -4.61. The van der Waals surface area contributed by atoms with E-state index in [1.807, 2.05) is 0 Å². The largest absolute Gasteiger partial charge is 0.465 e. The van der Waals surface area contributed by atoms with E-state index in [0.717, 1.165) is 12.1 Å². The normalized spacial score (nSPS) is 21.0. The highest BCUT2D eigenvalue weighted by atomic mass is 35.5. The minimum absolute atomic E-state index is 0.0286. The fourth-order valence-corrected chi connectivity index (χ4v) is 3.19. The van der Waals surface area contributed by atoms with E-state index in [9.17, 15) is 22.8 Å². The lowest BCUT2D eigenvalue weighted by atomic mass is 9.74. The number of methoxy groups -OCH3 is 1. The Labute approximate surface area is 154 Å². The summed E-state index contributed by atoms with van der Waals surface area (Å²) < 4.78 is 49.1.